The number of aryl methyl sites for hydroxylation is 1. The van der Waals surface area contributed by atoms with E-state index in [0.29, 0.717) is 28.3 Å². The van der Waals surface area contributed by atoms with Crippen molar-refractivity contribution in [3.05, 3.63) is 87.1 Å². The number of carbonyl (C=O) groups is 1. The number of hydrogen-bond acceptors (Lipinski definition) is 7. The van der Waals surface area contributed by atoms with Crippen molar-refractivity contribution in [1.29, 1.82) is 0 Å². The Hall–Kier alpha value is -4.80. The summed E-state index contributed by atoms with van der Waals surface area (Å²) in [6.07, 6.45) is 1.31. The Balaban J connectivity index is 1.41. The standard InChI is InChI=1S/C22H16N6O5/c1-13-10-18(27(25-13)14-6-8-15(9-7-14)28(31)32)24-19(29)11-26-12-23-20-16-4-2-3-5-17(16)33-21(20)22(26)30/h2-10,12H,11H2,1H3,(H,24,29). The molecule has 1 N–H and O–H groups in total. The minimum absolute atomic E-state index is 0.0546. The Morgan fingerprint density at radius 3 is 2.70 bits per heavy atom. The molecule has 0 spiro atoms. The Morgan fingerprint density at radius 2 is 1.94 bits per heavy atom. The molecule has 0 saturated heterocycles. The predicted molar refractivity (Wildman–Crippen MR) is 119 cm³/mol. The molecule has 1 amide bonds. The molecule has 11 nitrogen and oxygen atoms in total. The molecule has 0 aliphatic rings. The van der Waals surface area contributed by atoms with E-state index in [-0.39, 0.29) is 17.8 Å². The van der Waals surface area contributed by atoms with Crippen LogP contribution >= 0.6 is 0 Å². The molecular formula is C22H16N6O5. The lowest BCUT2D eigenvalue weighted by Gasteiger charge is -2.09. The van der Waals surface area contributed by atoms with Crippen LogP contribution in [0.3, 0.4) is 0 Å². The number of nitro benzene ring substituents is 1. The van der Waals surface area contributed by atoms with Gasteiger partial charge in [-0.3, -0.25) is 24.3 Å². The first-order valence-corrected chi connectivity index (χ1v) is 9.89. The maximum atomic E-state index is 12.8. The van der Waals surface area contributed by atoms with E-state index in [0.717, 1.165) is 5.39 Å². The molecule has 0 aliphatic carbocycles. The Bertz CT molecular complexity index is 1600. The molecule has 2 aromatic carbocycles. The quantitative estimate of drug-likeness (QED) is 0.324. The molecule has 5 aromatic rings. The van der Waals surface area contributed by atoms with E-state index in [1.807, 2.05) is 12.1 Å². The Morgan fingerprint density at radius 1 is 1.18 bits per heavy atom. The number of rotatable bonds is 5. The van der Waals surface area contributed by atoms with Crippen molar-refractivity contribution in [2.24, 2.45) is 0 Å². The number of hydrogen-bond donors (Lipinski definition) is 1. The molecule has 33 heavy (non-hydrogen) atoms. The second-order valence-electron chi connectivity index (χ2n) is 7.36. The fourth-order valence-corrected chi connectivity index (χ4v) is 3.57. The first kappa shape index (κ1) is 20.1. The molecule has 11 heteroatoms. The lowest BCUT2D eigenvalue weighted by molar-refractivity contribution is -0.384. The van der Waals surface area contributed by atoms with E-state index in [1.165, 1.54) is 39.8 Å². The van der Waals surface area contributed by atoms with Crippen molar-refractivity contribution >= 4 is 39.5 Å². The SMILES string of the molecule is Cc1cc(NC(=O)Cn2cnc3c(oc4ccccc43)c2=O)n(-c2ccc([N+](=O)[O-])cc2)n1. The van der Waals surface area contributed by atoms with Crippen LogP contribution in [-0.4, -0.2) is 30.2 Å². The molecule has 5 rings (SSSR count). The fourth-order valence-electron chi connectivity index (χ4n) is 3.57. The smallest absolute Gasteiger partial charge is 0.297 e. The van der Waals surface area contributed by atoms with Gasteiger partial charge in [-0.2, -0.15) is 5.10 Å². The highest BCUT2D eigenvalue weighted by molar-refractivity contribution is 6.01. The second-order valence-corrected chi connectivity index (χ2v) is 7.36. The highest BCUT2D eigenvalue weighted by Crippen LogP contribution is 2.24. The summed E-state index contributed by atoms with van der Waals surface area (Å²) >= 11 is 0. The van der Waals surface area contributed by atoms with Crippen LogP contribution in [0.25, 0.3) is 27.8 Å². The van der Waals surface area contributed by atoms with Gasteiger partial charge < -0.3 is 9.73 Å². The van der Waals surface area contributed by atoms with Crippen LogP contribution < -0.4 is 10.9 Å². The zero-order chi connectivity index (χ0) is 23.1. The Labute approximate surface area is 185 Å². The maximum Gasteiger partial charge on any atom is 0.297 e. The van der Waals surface area contributed by atoms with Crippen LogP contribution in [0.1, 0.15) is 5.69 Å². The summed E-state index contributed by atoms with van der Waals surface area (Å²) in [5.74, 6) is -0.116. The van der Waals surface area contributed by atoms with Gasteiger partial charge in [0.15, 0.2) is 0 Å². The van der Waals surface area contributed by atoms with Crippen LogP contribution in [-0.2, 0) is 11.3 Å². The zero-order valence-corrected chi connectivity index (χ0v) is 17.3. The second kappa shape index (κ2) is 7.71. The number of aromatic nitrogens is 4. The van der Waals surface area contributed by atoms with Gasteiger partial charge in [-0.05, 0) is 31.2 Å². The monoisotopic (exact) mass is 444 g/mol. The normalized spacial score (nSPS) is 11.2. The number of furan rings is 1. The summed E-state index contributed by atoms with van der Waals surface area (Å²) < 4.78 is 8.27. The van der Waals surface area contributed by atoms with Crippen LogP contribution in [0.5, 0.6) is 0 Å². The fraction of sp³-hybridized carbons (Fsp3) is 0.0909. The summed E-state index contributed by atoms with van der Waals surface area (Å²) in [6, 6.07) is 14.6. The summed E-state index contributed by atoms with van der Waals surface area (Å²) in [7, 11) is 0. The van der Waals surface area contributed by atoms with Gasteiger partial charge in [0.2, 0.25) is 11.5 Å². The van der Waals surface area contributed by atoms with Crippen molar-refractivity contribution < 1.29 is 14.1 Å². The lowest BCUT2D eigenvalue weighted by atomic mass is 10.2. The predicted octanol–water partition coefficient (Wildman–Crippen LogP) is 3.18. The number of nitrogens with zero attached hydrogens (tertiary/aromatic N) is 5. The van der Waals surface area contributed by atoms with E-state index in [4.69, 9.17) is 4.42 Å². The summed E-state index contributed by atoms with van der Waals surface area (Å²) in [5, 5.41) is 18.7. The highest BCUT2D eigenvalue weighted by atomic mass is 16.6. The molecular weight excluding hydrogens is 428 g/mol. The van der Waals surface area contributed by atoms with Crippen LogP contribution in [0.2, 0.25) is 0 Å². The number of non-ortho nitro benzene ring substituents is 1. The number of anilines is 1. The van der Waals surface area contributed by atoms with Gasteiger partial charge in [-0.1, -0.05) is 12.1 Å². The Kier molecular flexibility index (Phi) is 4.70. The van der Waals surface area contributed by atoms with E-state index < -0.39 is 16.4 Å². The third kappa shape index (κ3) is 3.61. The number of para-hydroxylation sites is 1. The molecule has 0 aliphatic heterocycles. The van der Waals surface area contributed by atoms with Crippen molar-refractivity contribution in [2.75, 3.05) is 5.32 Å². The molecule has 0 fully saturated rings. The van der Waals surface area contributed by atoms with E-state index in [1.54, 1.807) is 25.1 Å². The number of nitro groups is 1. The van der Waals surface area contributed by atoms with Crippen molar-refractivity contribution in [2.45, 2.75) is 13.5 Å². The third-order valence-electron chi connectivity index (χ3n) is 5.07. The molecule has 0 atom stereocenters. The van der Waals surface area contributed by atoms with Crippen molar-refractivity contribution in [3.8, 4) is 5.69 Å². The third-order valence-corrected chi connectivity index (χ3v) is 5.07. The summed E-state index contributed by atoms with van der Waals surface area (Å²) in [5.41, 5.74) is 1.71. The van der Waals surface area contributed by atoms with Gasteiger partial charge in [0.25, 0.3) is 11.2 Å². The van der Waals surface area contributed by atoms with Gasteiger partial charge >= 0.3 is 0 Å². The first-order chi connectivity index (χ1) is 15.9. The van der Waals surface area contributed by atoms with Gasteiger partial charge in [-0.15, -0.1) is 0 Å². The van der Waals surface area contributed by atoms with Gasteiger partial charge in [0.1, 0.15) is 23.5 Å². The van der Waals surface area contributed by atoms with Gasteiger partial charge in [0, 0.05) is 23.6 Å². The van der Waals surface area contributed by atoms with Crippen LogP contribution in [0.4, 0.5) is 11.5 Å². The first-order valence-electron chi connectivity index (χ1n) is 9.89. The summed E-state index contributed by atoms with van der Waals surface area (Å²) in [6.45, 7) is 1.46. The molecule has 0 unspecified atom stereocenters. The number of fused-ring (bicyclic) bond motifs is 3. The van der Waals surface area contributed by atoms with E-state index >= 15 is 0 Å². The largest absolute Gasteiger partial charge is 0.448 e. The number of nitrogens with one attached hydrogen (secondary N) is 1. The zero-order valence-electron chi connectivity index (χ0n) is 17.3. The van der Waals surface area contributed by atoms with Crippen molar-refractivity contribution in [3.63, 3.8) is 0 Å². The maximum absolute atomic E-state index is 12.8. The lowest BCUT2D eigenvalue weighted by Crippen LogP contribution is -2.28. The number of amides is 1. The number of benzene rings is 2. The topological polar surface area (TPSA) is 138 Å². The van der Waals surface area contributed by atoms with Crippen LogP contribution in [0, 0.1) is 17.0 Å². The molecule has 3 aromatic heterocycles. The molecule has 0 radical (unpaired) electrons. The molecule has 164 valence electrons. The molecule has 0 saturated carbocycles. The van der Waals surface area contributed by atoms with Crippen LogP contribution in [0.15, 0.2) is 70.1 Å². The van der Waals surface area contributed by atoms with Gasteiger partial charge in [-0.25, -0.2) is 9.67 Å². The average molecular weight is 444 g/mol. The molecule has 3 heterocycles. The minimum atomic E-state index is -0.495. The minimum Gasteiger partial charge on any atom is -0.448 e. The van der Waals surface area contributed by atoms with Gasteiger partial charge in [0.05, 0.1) is 22.6 Å². The van der Waals surface area contributed by atoms with E-state index in [9.17, 15) is 19.7 Å². The molecule has 0 bridgehead atoms. The number of carbonyl (C=O) groups excluding carboxylic acids is 1. The summed E-state index contributed by atoms with van der Waals surface area (Å²) in [4.78, 5) is 40.3. The average Bonchev–Trinajstić information content (AvgIpc) is 3.36. The highest BCUT2D eigenvalue weighted by Gasteiger charge is 2.16. The van der Waals surface area contributed by atoms with Crippen molar-refractivity contribution in [1.82, 2.24) is 19.3 Å². The van der Waals surface area contributed by atoms with E-state index in [2.05, 4.69) is 15.4 Å².